The molecule has 6 heteroatoms. The first-order chi connectivity index (χ1) is 8.49. The van der Waals surface area contributed by atoms with Gasteiger partial charge in [0.15, 0.2) is 11.5 Å². The van der Waals surface area contributed by atoms with Crippen LogP contribution in [0, 0.1) is 0 Å². The predicted octanol–water partition coefficient (Wildman–Crippen LogP) is 0.637. The second kappa shape index (κ2) is 4.44. The monoisotopic (exact) mass is 250 g/mol. The maximum absolute atomic E-state index is 12.4. The molecule has 0 saturated heterocycles. The van der Waals surface area contributed by atoms with Crippen LogP contribution in [0.2, 0.25) is 0 Å². The maximum atomic E-state index is 12.4. The molecule has 6 nitrogen and oxygen atoms in total. The van der Waals surface area contributed by atoms with Crippen LogP contribution in [0.1, 0.15) is 30.3 Å². The molecule has 2 amide bonds. The van der Waals surface area contributed by atoms with Gasteiger partial charge >= 0.3 is 0 Å². The quantitative estimate of drug-likeness (QED) is 0.774. The number of hydrogen-bond donors (Lipinski definition) is 0. The lowest BCUT2D eigenvalue weighted by Gasteiger charge is -2.25. The number of hydrogen-bond acceptors (Lipinski definition) is 3. The van der Waals surface area contributed by atoms with E-state index in [9.17, 15) is 9.59 Å². The molecule has 0 aliphatic carbocycles. The standard InChI is InChI=1S/C12H18N4O2/c1-5-6-8-11(17)16(4)10-9(12(18)15(8)3)14(2)7-13-10/h7-8H,5-6H2,1-4H3. The van der Waals surface area contributed by atoms with Crippen molar-refractivity contribution in [3.05, 3.63) is 12.0 Å². The molecule has 1 unspecified atom stereocenters. The molecule has 0 radical (unpaired) electrons. The van der Waals surface area contributed by atoms with Crippen molar-refractivity contribution in [1.29, 1.82) is 0 Å². The van der Waals surface area contributed by atoms with Crippen molar-refractivity contribution < 1.29 is 9.59 Å². The number of aryl methyl sites for hydroxylation is 1. The van der Waals surface area contributed by atoms with Crippen LogP contribution in [0.25, 0.3) is 0 Å². The van der Waals surface area contributed by atoms with Crippen LogP contribution >= 0.6 is 0 Å². The van der Waals surface area contributed by atoms with Gasteiger partial charge in [0, 0.05) is 21.1 Å². The SMILES string of the molecule is CCCC1C(=O)N(C)c2ncn(C)c2C(=O)N1C. The summed E-state index contributed by atoms with van der Waals surface area (Å²) in [5.74, 6) is 0.212. The van der Waals surface area contributed by atoms with Gasteiger partial charge < -0.3 is 9.47 Å². The van der Waals surface area contributed by atoms with Crippen molar-refractivity contribution >= 4 is 17.6 Å². The molecular weight excluding hydrogens is 232 g/mol. The molecule has 0 fully saturated rings. The van der Waals surface area contributed by atoms with Crippen molar-refractivity contribution in [3.8, 4) is 0 Å². The van der Waals surface area contributed by atoms with E-state index in [1.165, 1.54) is 9.80 Å². The van der Waals surface area contributed by atoms with E-state index in [1.807, 2.05) is 6.92 Å². The Balaban J connectivity index is 2.52. The number of nitrogens with zero attached hydrogens (tertiary/aromatic N) is 4. The van der Waals surface area contributed by atoms with Gasteiger partial charge in [0.05, 0.1) is 6.33 Å². The third-order valence-corrected chi connectivity index (χ3v) is 3.40. The van der Waals surface area contributed by atoms with Crippen LogP contribution in [0.3, 0.4) is 0 Å². The molecule has 18 heavy (non-hydrogen) atoms. The van der Waals surface area contributed by atoms with Crippen LogP contribution in [0.4, 0.5) is 5.82 Å². The summed E-state index contributed by atoms with van der Waals surface area (Å²) in [6, 6.07) is -0.401. The number of imidazole rings is 1. The van der Waals surface area contributed by atoms with E-state index >= 15 is 0 Å². The van der Waals surface area contributed by atoms with Gasteiger partial charge in [-0.25, -0.2) is 4.98 Å². The zero-order chi connectivity index (χ0) is 13.4. The number of aromatic nitrogens is 2. The summed E-state index contributed by atoms with van der Waals surface area (Å²) in [6.45, 7) is 2.00. The third kappa shape index (κ3) is 1.68. The number of anilines is 1. The minimum Gasteiger partial charge on any atom is -0.328 e. The zero-order valence-corrected chi connectivity index (χ0v) is 11.2. The van der Waals surface area contributed by atoms with Crippen LogP contribution in [-0.4, -0.2) is 46.4 Å². The van der Waals surface area contributed by atoms with Gasteiger partial charge in [-0.2, -0.15) is 0 Å². The summed E-state index contributed by atoms with van der Waals surface area (Å²) < 4.78 is 1.66. The zero-order valence-electron chi connectivity index (χ0n) is 11.2. The van der Waals surface area contributed by atoms with Crippen molar-refractivity contribution in [1.82, 2.24) is 14.5 Å². The molecule has 98 valence electrons. The summed E-state index contributed by atoms with van der Waals surface area (Å²) in [6.07, 6.45) is 3.07. The van der Waals surface area contributed by atoms with E-state index < -0.39 is 6.04 Å². The minimum atomic E-state index is -0.401. The highest BCUT2D eigenvalue weighted by Gasteiger charge is 2.37. The summed E-state index contributed by atoms with van der Waals surface area (Å²) >= 11 is 0. The molecule has 2 heterocycles. The number of carbonyl (C=O) groups is 2. The molecule has 1 aliphatic rings. The first kappa shape index (κ1) is 12.6. The Bertz CT molecular complexity index is 494. The second-order valence-corrected chi connectivity index (χ2v) is 4.65. The van der Waals surface area contributed by atoms with E-state index in [0.29, 0.717) is 17.9 Å². The highest BCUT2D eigenvalue weighted by atomic mass is 16.2. The first-order valence-electron chi connectivity index (χ1n) is 6.05. The van der Waals surface area contributed by atoms with Crippen molar-refractivity contribution in [2.45, 2.75) is 25.8 Å². The minimum absolute atomic E-state index is 0.0786. The van der Waals surface area contributed by atoms with Crippen molar-refractivity contribution in [3.63, 3.8) is 0 Å². The Labute approximate surface area is 106 Å². The Hall–Kier alpha value is -1.85. The van der Waals surface area contributed by atoms with Gasteiger partial charge in [0.1, 0.15) is 6.04 Å². The normalized spacial score (nSPS) is 20.1. The van der Waals surface area contributed by atoms with E-state index in [4.69, 9.17) is 0 Å². The van der Waals surface area contributed by atoms with E-state index in [2.05, 4.69) is 4.98 Å². The van der Waals surface area contributed by atoms with Gasteiger partial charge in [-0.3, -0.25) is 14.5 Å². The van der Waals surface area contributed by atoms with Gasteiger partial charge in [0.2, 0.25) is 0 Å². The van der Waals surface area contributed by atoms with E-state index in [-0.39, 0.29) is 11.8 Å². The van der Waals surface area contributed by atoms with Crippen molar-refractivity contribution in [2.75, 3.05) is 19.0 Å². The molecule has 1 aromatic heterocycles. The number of rotatable bonds is 2. The molecule has 0 spiro atoms. The Morgan fingerprint density at radius 3 is 2.56 bits per heavy atom. The average Bonchev–Trinajstić information content (AvgIpc) is 2.71. The summed E-state index contributed by atoms with van der Waals surface area (Å²) in [4.78, 5) is 31.9. The molecular formula is C12H18N4O2. The Morgan fingerprint density at radius 2 is 1.94 bits per heavy atom. The first-order valence-corrected chi connectivity index (χ1v) is 6.05. The lowest BCUT2D eigenvalue weighted by atomic mass is 10.1. The highest BCUT2D eigenvalue weighted by molar-refractivity contribution is 6.08. The second-order valence-electron chi connectivity index (χ2n) is 4.65. The molecule has 1 atom stereocenters. The lowest BCUT2D eigenvalue weighted by Crippen LogP contribution is -2.45. The summed E-state index contributed by atoms with van der Waals surface area (Å²) in [7, 11) is 5.11. The Morgan fingerprint density at radius 1 is 1.28 bits per heavy atom. The smallest absolute Gasteiger partial charge is 0.274 e. The number of fused-ring (bicyclic) bond motifs is 1. The molecule has 0 N–H and O–H groups in total. The number of likely N-dealkylation sites (N-methyl/N-ethyl adjacent to an activating group) is 2. The molecule has 0 bridgehead atoms. The number of carbonyl (C=O) groups excluding carboxylic acids is 2. The van der Waals surface area contributed by atoms with Crippen LogP contribution < -0.4 is 4.90 Å². The highest BCUT2D eigenvalue weighted by Crippen LogP contribution is 2.25. The third-order valence-electron chi connectivity index (χ3n) is 3.40. The van der Waals surface area contributed by atoms with Gasteiger partial charge in [-0.1, -0.05) is 13.3 Å². The average molecular weight is 250 g/mol. The molecule has 1 aromatic rings. The molecule has 1 aliphatic heterocycles. The predicted molar refractivity (Wildman–Crippen MR) is 67.4 cm³/mol. The fraction of sp³-hybridized carbons (Fsp3) is 0.583. The van der Waals surface area contributed by atoms with Crippen LogP contribution in [0.5, 0.6) is 0 Å². The maximum Gasteiger partial charge on any atom is 0.274 e. The van der Waals surface area contributed by atoms with Crippen molar-refractivity contribution in [2.24, 2.45) is 7.05 Å². The largest absolute Gasteiger partial charge is 0.328 e. The van der Waals surface area contributed by atoms with E-state index in [1.54, 1.807) is 32.0 Å². The fourth-order valence-corrected chi connectivity index (χ4v) is 2.30. The summed E-state index contributed by atoms with van der Waals surface area (Å²) in [5, 5.41) is 0. The molecule has 0 aromatic carbocycles. The number of amides is 2. The molecule has 0 saturated carbocycles. The van der Waals surface area contributed by atoms with Gasteiger partial charge in [0.25, 0.3) is 11.8 Å². The van der Waals surface area contributed by atoms with Crippen LogP contribution in [-0.2, 0) is 11.8 Å². The van der Waals surface area contributed by atoms with Gasteiger partial charge in [-0.05, 0) is 6.42 Å². The summed E-state index contributed by atoms with van der Waals surface area (Å²) in [5.41, 5.74) is 0.465. The fourth-order valence-electron chi connectivity index (χ4n) is 2.30. The van der Waals surface area contributed by atoms with Crippen LogP contribution in [0.15, 0.2) is 6.33 Å². The van der Waals surface area contributed by atoms with E-state index in [0.717, 1.165) is 6.42 Å². The molecule has 2 rings (SSSR count). The Kier molecular flexibility index (Phi) is 3.11. The lowest BCUT2D eigenvalue weighted by molar-refractivity contribution is -0.122. The van der Waals surface area contributed by atoms with Gasteiger partial charge in [-0.15, -0.1) is 0 Å². The topological polar surface area (TPSA) is 58.4 Å².